The molecule has 0 fully saturated rings. The number of thiophene rings is 1. The number of anilines is 1. The number of fused-ring (bicyclic) bond motifs is 2. The third kappa shape index (κ3) is 2.94. The Morgan fingerprint density at radius 2 is 2.08 bits per heavy atom. The highest BCUT2D eigenvalue weighted by Crippen LogP contribution is 2.39. The number of nitrogens with two attached hydrogens (primary N) is 1. The van der Waals surface area contributed by atoms with Gasteiger partial charge in [0.05, 0.1) is 15.8 Å². The van der Waals surface area contributed by atoms with E-state index in [4.69, 9.17) is 5.73 Å². The third-order valence-corrected chi connectivity index (χ3v) is 6.71. The number of hydrogen-bond donors (Lipinski definition) is 2. The van der Waals surface area contributed by atoms with Crippen LogP contribution in [-0.2, 0) is 12.8 Å². The highest BCUT2D eigenvalue weighted by atomic mass is 32.1. The number of carbonyl (C=O) groups is 2. The molecule has 0 unspecified atom stereocenters. The first kappa shape index (κ1) is 16.2. The normalized spacial score (nSPS) is 16.6. The van der Waals surface area contributed by atoms with Crippen molar-refractivity contribution >= 4 is 49.7 Å². The lowest BCUT2D eigenvalue weighted by Gasteiger charge is -2.18. The summed E-state index contributed by atoms with van der Waals surface area (Å²) in [7, 11) is 0. The van der Waals surface area contributed by atoms with Crippen molar-refractivity contribution in [3.05, 3.63) is 45.3 Å². The van der Waals surface area contributed by atoms with Crippen LogP contribution in [0.15, 0.2) is 24.3 Å². The number of benzene rings is 1. The molecule has 3 aromatic rings. The van der Waals surface area contributed by atoms with Crippen LogP contribution in [0.4, 0.5) is 5.00 Å². The SMILES string of the molecule is C[C@H]1CCc2sc(NC(=O)c3nc4ccccc4s3)c(C(N)=O)c2C1. The van der Waals surface area contributed by atoms with Gasteiger partial charge in [-0.2, -0.15) is 0 Å². The van der Waals surface area contributed by atoms with Crippen LogP contribution in [0.5, 0.6) is 0 Å². The highest BCUT2D eigenvalue weighted by molar-refractivity contribution is 7.20. The van der Waals surface area contributed by atoms with E-state index in [-0.39, 0.29) is 5.91 Å². The molecule has 0 saturated heterocycles. The zero-order valence-corrected chi connectivity index (χ0v) is 15.3. The summed E-state index contributed by atoms with van der Waals surface area (Å²) in [6.07, 6.45) is 2.86. The number of hydrogen-bond acceptors (Lipinski definition) is 5. The van der Waals surface area contributed by atoms with Gasteiger partial charge < -0.3 is 11.1 Å². The van der Waals surface area contributed by atoms with Crippen molar-refractivity contribution < 1.29 is 9.59 Å². The number of nitrogens with zero attached hydrogens (tertiary/aromatic N) is 1. The molecule has 7 heteroatoms. The second kappa shape index (κ2) is 6.24. The number of aromatic nitrogens is 1. The quantitative estimate of drug-likeness (QED) is 0.734. The second-order valence-corrected chi connectivity index (χ2v) is 8.50. The van der Waals surface area contributed by atoms with Gasteiger partial charge >= 0.3 is 0 Å². The zero-order chi connectivity index (χ0) is 17.6. The molecule has 2 heterocycles. The number of nitrogens with one attached hydrogen (secondary N) is 1. The number of rotatable bonds is 3. The van der Waals surface area contributed by atoms with E-state index in [0.717, 1.165) is 39.9 Å². The summed E-state index contributed by atoms with van der Waals surface area (Å²) >= 11 is 2.81. The van der Waals surface area contributed by atoms with Crippen LogP contribution in [0.3, 0.4) is 0 Å². The fourth-order valence-corrected chi connectivity index (χ4v) is 5.34. The van der Waals surface area contributed by atoms with Gasteiger partial charge in [0.25, 0.3) is 11.8 Å². The Bertz CT molecular complexity index is 957. The maximum atomic E-state index is 12.6. The molecule has 1 aromatic carbocycles. The largest absolute Gasteiger partial charge is 0.365 e. The highest BCUT2D eigenvalue weighted by Gasteiger charge is 2.28. The zero-order valence-electron chi connectivity index (χ0n) is 13.7. The van der Waals surface area contributed by atoms with Gasteiger partial charge in [-0.15, -0.1) is 22.7 Å². The van der Waals surface area contributed by atoms with E-state index in [1.807, 2.05) is 24.3 Å². The summed E-state index contributed by atoms with van der Waals surface area (Å²) < 4.78 is 0.960. The number of aryl methyl sites for hydroxylation is 1. The molecule has 2 aromatic heterocycles. The molecular weight excluding hydrogens is 354 g/mol. The van der Waals surface area contributed by atoms with Crippen LogP contribution in [0.2, 0.25) is 0 Å². The standard InChI is InChI=1S/C18H17N3O2S2/c1-9-6-7-12-10(8-9)14(15(19)22)17(24-12)21-16(23)18-20-11-4-2-3-5-13(11)25-18/h2-5,9H,6-8H2,1H3,(H2,19,22)(H,21,23)/t9-/m0/s1. The lowest BCUT2D eigenvalue weighted by molar-refractivity contribution is 0.1000. The molecule has 0 saturated carbocycles. The summed E-state index contributed by atoms with van der Waals surface area (Å²) in [4.78, 5) is 30.1. The van der Waals surface area contributed by atoms with Crippen LogP contribution in [-0.4, -0.2) is 16.8 Å². The van der Waals surface area contributed by atoms with E-state index in [9.17, 15) is 9.59 Å². The predicted molar refractivity (Wildman–Crippen MR) is 102 cm³/mol. The molecule has 5 nitrogen and oxygen atoms in total. The molecular formula is C18H17N3O2S2. The molecule has 0 bridgehead atoms. The van der Waals surface area contributed by atoms with Crippen LogP contribution < -0.4 is 11.1 Å². The molecule has 2 amide bonds. The number of thiazole rings is 1. The van der Waals surface area contributed by atoms with Crippen LogP contribution >= 0.6 is 22.7 Å². The van der Waals surface area contributed by atoms with Crippen molar-refractivity contribution in [1.29, 1.82) is 0 Å². The second-order valence-electron chi connectivity index (χ2n) is 6.36. The van der Waals surface area contributed by atoms with E-state index >= 15 is 0 Å². The van der Waals surface area contributed by atoms with Crippen molar-refractivity contribution in [3.8, 4) is 0 Å². The van der Waals surface area contributed by atoms with Gasteiger partial charge in [-0.1, -0.05) is 19.1 Å². The van der Waals surface area contributed by atoms with Crippen LogP contribution in [0.25, 0.3) is 10.2 Å². The van der Waals surface area contributed by atoms with Gasteiger partial charge in [-0.25, -0.2) is 4.98 Å². The van der Waals surface area contributed by atoms with Crippen LogP contribution in [0, 0.1) is 5.92 Å². The minimum Gasteiger partial charge on any atom is -0.365 e. The minimum atomic E-state index is -0.480. The van der Waals surface area contributed by atoms with Gasteiger partial charge in [-0.3, -0.25) is 9.59 Å². The fourth-order valence-electron chi connectivity index (χ4n) is 3.23. The van der Waals surface area contributed by atoms with Gasteiger partial charge in [0, 0.05) is 4.88 Å². The molecule has 128 valence electrons. The Morgan fingerprint density at radius 1 is 1.28 bits per heavy atom. The first-order valence-corrected chi connectivity index (χ1v) is 9.77. The molecule has 1 aliphatic rings. The maximum absolute atomic E-state index is 12.6. The molecule has 0 radical (unpaired) electrons. The smallest absolute Gasteiger partial charge is 0.285 e. The average molecular weight is 371 g/mol. The monoisotopic (exact) mass is 371 g/mol. The Hall–Kier alpha value is -2.25. The number of amides is 2. The summed E-state index contributed by atoms with van der Waals surface area (Å²) in [6.45, 7) is 2.17. The first-order chi connectivity index (χ1) is 12.0. The summed E-state index contributed by atoms with van der Waals surface area (Å²) in [5.41, 5.74) is 7.89. The van der Waals surface area contributed by atoms with Crippen LogP contribution in [0.1, 0.15) is 43.9 Å². The Balaban J connectivity index is 1.68. The summed E-state index contributed by atoms with van der Waals surface area (Å²) in [5, 5.41) is 3.81. The minimum absolute atomic E-state index is 0.296. The number of carbonyl (C=O) groups excluding carboxylic acids is 2. The van der Waals surface area contributed by atoms with Gasteiger partial charge in [0.1, 0.15) is 5.00 Å². The lowest BCUT2D eigenvalue weighted by atomic mass is 9.87. The molecule has 1 atom stereocenters. The fraction of sp³-hybridized carbons (Fsp3) is 0.278. The molecule has 4 rings (SSSR count). The van der Waals surface area contributed by atoms with Gasteiger partial charge in [0.15, 0.2) is 5.01 Å². The predicted octanol–water partition coefficient (Wildman–Crippen LogP) is 3.83. The number of para-hydroxylation sites is 1. The van der Waals surface area contributed by atoms with E-state index in [1.165, 1.54) is 22.7 Å². The van der Waals surface area contributed by atoms with Crippen molar-refractivity contribution in [1.82, 2.24) is 4.98 Å². The molecule has 1 aliphatic carbocycles. The number of primary amides is 1. The Morgan fingerprint density at radius 3 is 2.84 bits per heavy atom. The third-order valence-electron chi connectivity index (χ3n) is 4.47. The Labute approximate surface area is 152 Å². The first-order valence-electron chi connectivity index (χ1n) is 8.14. The van der Waals surface area contributed by atoms with Crippen molar-refractivity contribution in [3.63, 3.8) is 0 Å². The van der Waals surface area contributed by atoms with Crippen molar-refractivity contribution in [2.45, 2.75) is 26.2 Å². The van der Waals surface area contributed by atoms with E-state index in [1.54, 1.807) is 0 Å². The topological polar surface area (TPSA) is 85.1 Å². The molecule has 0 aliphatic heterocycles. The van der Waals surface area contributed by atoms with Crippen molar-refractivity contribution in [2.24, 2.45) is 11.7 Å². The molecule has 3 N–H and O–H groups in total. The maximum Gasteiger partial charge on any atom is 0.285 e. The van der Waals surface area contributed by atoms with E-state index in [2.05, 4.69) is 17.2 Å². The summed E-state index contributed by atoms with van der Waals surface area (Å²) in [6, 6.07) is 7.62. The van der Waals surface area contributed by atoms with Gasteiger partial charge in [0.2, 0.25) is 0 Å². The lowest BCUT2D eigenvalue weighted by Crippen LogP contribution is -2.19. The molecule has 0 spiro atoms. The van der Waals surface area contributed by atoms with Crippen molar-refractivity contribution in [2.75, 3.05) is 5.32 Å². The van der Waals surface area contributed by atoms with E-state index in [0.29, 0.717) is 21.5 Å². The average Bonchev–Trinajstić information content (AvgIpc) is 3.15. The van der Waals surface area contributed by atoms with Gasteiger partial charge in [-0.05, 0) is 42.9 Å². The molecule has 25 heavy (non-hydrogen) atoms. The van der Waals surface area contributed by atoms with E-state index < -0.39 is 5.91 Å². The Kier molecular flexibility index (Phi) is 4.05. The summed E-state index contributed by atoms with van der Waals surface area (Å²) in [5.74, 6) is -0.255.